The Labute approximate surface area is 205 Å². The molecule has 0 bridgehead atoms. The summed E-state index contributed by atoms with van der Waals surface area (Å²) in [5.41, 5.74) is 7.00. The van der Waals surface area contributed by atoms with E-state index in [1.54, 1.807) is 0 Å². The zero-order valence-corrected chi connectivity index (χ0v) is 20.2. The zero-order chi connectivity index (χ0) is 26.0. The van der Waals surface area contributed by atoms with Crippen molar-refractivity contribution in [2.75, 3.05) is 39.5 Å². The number of hydrogen-bond acceptors (Lipinski definition) is 7. The molecule has 1 amide bonds. The maximum absolute atomic E-state index is 14.2. The number of terminal acetylenes is 2. The number of aryl methyl sites for hydroxylation is 1. The highest BCUT2D eigenvalue weighted by atomic mass is 19.1. The minimum absolute atomic E-state index is 0.0848. The fraction of sp³-hybridized carbons (Fsp3) is 0.440. The molecule has 1 saturated heterocycles. The van der Waals surface area contributed by atoms with Gasteiger partial charge in [0.15, 0.2) is 23.0 Å². The molecule has 3 N–H and O–H groups in total. The number of ether oxygens (including phenoxy) is 1. The van der Waals surface area contributed by atoms with Crippen LogP contribution in [0, 0.1) is 37.4 Å². The Kier molecular flexibility index (Phi) is 10.2. The van der Waals surface area contributed by atoms with Gasteiger partial charge >= 0.3 is 0 Å². The van der Waals surface area contributed by atoms with Crippen molar-refractivity contribution in [1.29, 1.82) is 0 Å². The van der Waals surface area contributed by atoms with E-state index in [0.29, 0.717) is 35.3 Å². The smallest absolute Gasteiger partial charge is 0.226 e. The first-order valence-electron chi connectivity index (χ1n) is 11.3. The number of anilines is 1. The van der Waals surface area contributed by atoms with Gasteiger partial charge in [-0.1, -0.05) is 0 Å². The van der Waals surface area contributed by atoms with E-state index in [2.05, 4.69) is 46.1 Å². The normalized spacial score (nSPS) is 14.9. The summed E-state index contributed by atoms with van der Waals surface area (Å²) in [5, 5.41) is 8.25. The molecule has 0 unspecified atom stereocenters. The van der Waals surface area contributed by atoms with Crippen LogP contribution in [0.15, 0.2) is 12.1 Å². The molecular weight excluding hydrogens is 449 g/mol. The first-order valence-corrected chi connectivity index (χ1v) is 11.3. The van der Waals surface area contributed by atoms with Crippen LogP contribution in [0.2, 0.25) is 0 Å². The van der Waals surface area contributed by atoms with Gasteiger partial charge in [-0.3, -0.25) is 4.79 Å². The zero-order valence-electron chi connectivity index (χ0n) is 20.2. The highest BCUT2D eigenvalue weighted by molar-refractivity contribution is 5.93. The number of nitrogens with one attached hydrogen (secondary N) is 1. The number of piperidine rings is 1. The lowest BCUT2D eigenvalue weighted by Crippen LogP contribution is -2.41. The molecule has 1 fully saturated rings. The number of aromatic nitrogens is 4. The van der Waals surface area contributed by atoms with Crippen molar-refractivity contribution >= 4 is 28.4 Å². The van der Waals surface area contributed by atoms with Gasteiger partial charge in [-0.15, -0.1) is 30.8 Å². The molecule has 0 aliphatic carbocycles. The van der Waals surface area contributed by atoms with E-state index in [4.69, 9.17) is 10.5 Å². The van der Waals surface area contributed by atoms with E-state index in [9.17, 15) is 9.18 Å². The van der Waals surface area contributed by atoms with E-state index in [1.807, 2.05) is 11.9 Å². The number of hydrogen-bond donors (Lipinski definition) is 2. The fourth-order valence-electron chi connectivity index (χ4n) is 4.05. The van der Waals surface area contributed by atoms with Gasteiger partial charge in [0.25, 0.3) is 0 Å². The average molecular weight is 482 g/mol. The highest BCUT2D eigenvalue weighted by Gasteiger charge is 2.23. The van der Waals surface area contributed by atoms with Crippen LogP contribution in [0.25, 0.3) is 16.6 Å². The molecule has 2 aromatic heterocycles. The molecule has 1 atom stereocenters. The number of fused-ring (bicyclic) bond motifs is 3. The summed E-state index contributed by atoms with van der Waals surface area (Å²) < 4.78 is 20.7. The van der Waals surface area contributed by atoms with Gasteiger partial charge in [0.05, 0.1) is 18.5 Å². The van der Waals surface area contributed by atoms with E-state index in [-0.39, 0.29) is 23.5 Å². The number of amides is 1. The lowest BCUT2D eigenvalue weighted by molar-refractivity contribution is -0.134. The first kappa shape index (κ1) is 27.4. The quantitative estimate of drug-likeness (QED) is 0.393. The summed E-state index contributed by atoms with van der Waals surface area (Å²) in [7, 11) is 3.26. The van der Waals surface area contributed by atoms with Crippen molar-refractivity contribution in [3.63, 3.8) is 0 Å². The SMILES string of the molecule is C#C.C#C.COc1cc2nc(N)n3nc(CCCCN(C)C(=O)[C@H]4CCCNC4)nc3c2cc1F. The highest BCUT2D eigenvalue weighted by Crippen LogP contribution is 2.27. The van der Waals surface area contributed by atoms with Crippen LogP contribution >= 0.6 is 0 Å². The van der Waals surface area contributed by atoms with E-state index >= 15 is 0 Å². The van der Waals surface area contributed by atoms with Crippen molar-refractivity contribution in [1.82, 2.24) is 29.8 Å². The summed E-state index contributed by atoms with van der Waals surface area (Å²) >= 11 is 0. The van der Waals surface area contributed by atoms with Crippen molar-refractivity contribution in [3.05, 3.63) is 23.8 Å². The summed E-state index contributed by atoms with van der Waals surface area (Å²) in [4.78, 5) is 23.2. The van der Waals surface area contributed by atoms with Gasteiger partial charge in [-0.05, 0) is 38.3 Å². The lowest BCUT2D eigenvalue weighted by atomic mass is 9.98. The number of methoxy groups -OCH3 is 1. The Morgan fingerprint density at radius 2 is 2.03 bits per heavy atom. The number of halogens is 1. The Morgan fingerprint density at radius 3 is 2.69 bits per heavy atom. The molecule has 9 nitrogen and oxygen atoms in total. The monoisotopic (exact) mass is 481 g/mol. The molecule has 3 heterocycles. The predicted molar refractivity (Wildman–Crippen MR) is 135 cm³/mol. The first-order chi connectivity index (χ1) is 17.0. The van der Waals surface area contributed by atoms with Crippen LogP contribution < -0.4 is 15.8 Å². The van der Waals surface area contributed by atoms with Gasteiger partial charge in [0.1, 0.15) is 0 Å². The largest absolute Gasteiger partial charge is 0.494 e. The van der Waals surface area contributed by atoms with Gasteiger partial charge in [-0.2, -0.15) is 4.52 Å². The predicted octanol–water partition coefficient (Wildman–Crippen LogP) is 2.29. The summed E-state index contributed by atoms with van der Waals surface area (Å²) in [6.07, 6.45) is 20.3. The standard InChI is InChI=1S/C21H28FN7O2.2C2H2/c1-28(20(30)13-6-5-8-24-12-13)9-4-3-7-18-26-19-14-10-15(22)17(31-2)11-16(14)25-21(23)29(19)27-18;2*1-2/h10-11,13,24H,3-9,12H2,1-2H3,(H2,23,25);2*1-2H/t13-;;/m0../s1. The van der Waals surface area contributed by atoms with Crippen LogP contribution in [0.3, 0.4) is 0 Å². The van der Waals surface area contributed by atoms with Gasteiger partial charge in [0, 0.05) is 38.0 Å². The maximum atomic E-state index is 14.2. The van der Waals surface area contributed by atoms with Crippen LogP contribution in [0.1, 0.15) is 31.5 Å². The second-order valence-corrected chi connectivity index (χ2v) is 8.00. The summed E-state index contributed by atoms with van der Waals surface area (Å²) in [6.45, 7) is 2.46. The number of benzene rings is 1. The minimum Gasteiger partial charge on any atom is -0.494 e. The van der Waals surface area contributed by atoms with Crippen LogP contribution in [0.4, 0.5) is 10.3 Å². The molecule has 3 aromatic rings. The fourth-order valence-corrected chi connectivity index (χ4v) is 4.05. The molecule has 1 aliphatic rings. The molecular formula is C25H32FN7O2. The third-order valence-electron chi connectivity index (χ3n) is 5.78. The Hall–Kier alpha value is -3.89. The minimum atomic E-state index is -0.492. The average Bonchev–Trinajstić information content (AvgIpc) is 3.34. The van der Waals surface area contributed by atoms with Crippen molar-refractivity contribution in [3.8, 4) is 31.4 Å². The molecule has 1 aliphatic heterocycles. The van der Waals surface area contributed by atoms with Gasteiger partial charge in [-0.25, -0.2) is 14.4 Å². The third kappa shape index (κ3) is 6.37. The number of nitrogens with two attached hydrogens (primary N) is 1. The van der Waals surface area contributed by atoms with E-state index in [0.717, 1.165) is 38.8 Å². The van der Waals surface area contributed by atoms with Crippen molar-refractivity contribution in [2.45, 2.75) is 32.1 Å². The molecule has 35 heavy (non-hydrogen) atoms. The van der Waals surface area contributed by atoms with Crippen LogP contribution in [-0.4, -0.2) is 64.2 Å². The van der Waals surface area contributed by atoms with Crippen molar-refractivity contribution in [2.24, 2.45) is 5.92 Å². The van der Waals surface area contributed by atoms with Gasteiger partial charge < -0.3 is 20.7 Å². The second kappa shape index (κ2) is 13.1. The Bertz CT molecular complexity index is 1180. The van der Waals surface area contributed by atoms with E-state index in [1.165, 1.54) is 23.8 Å². The number of nitrogen functional groups attached to an aromatic ring is 1. The number of nitrogens with zero attached hydrogens (tertiary/aromatic N) is 5. The van der Waals surface area contributed by atoms with Crippen LogP contribution in [-0.2, 0) is 11.2 Å². The summed E-state index contributed by atoms with van der Waals surface area (Å²) in [5.74, 6) is 0.700. The van der Waals surface area contributed by atoms with Crippen LogP contribution in [0.5, 0.6) is 5.75 Å². The number of carbonyl (C=O) groups excluding carboxylic acids is 1. The number of carbonyl (C=O) groups is 1. The topological polar surface area (TPSA) is 111 Å². The molecule has 0 spiro atoms. The maximum Gasteiger partial charge on any atom is 0.226 e. The molecule has 186 valence electrons. The molecule has 0 radical (unpaired) electrons. The van der Waals surface area contributed by atoms with E-state index < -0.39 is 5.82 Å². The molecule has 4 rings (SSSR count). The Morgan fingerprint density at radius 1 is 1.29 bits per heavy atom. The second-order valence-electron chi connectivity index (χ2n) is 8.00. The molecule has 1 aromatic carbocycles. The molecule has 0 saturated carbocycles. The van der Waals surface area contributed by atoms with Crippen molar-refractivity contribution < 1.29 is 13.9 Å². The number of rotatable bonds is 7. The molecule has 10 heteroatoms. The lowest BCUT2D eigenvalue weighted by Gasteiger charge is -2.27. The van der Waals surface area contributed by atoms with Gasteiger partial charge in [0.2, 0.25) is 11.9 Å². The summed E-state index contributed by atoms with van der Waals surface area (Å²) in [6, 6.07) is 2.85. The Balaban J connectivity index is 0.00000103. The third-order valence-corrected chi connectivity index (χ3v) is 5.78. The number of unbranched alkanes of at least 4 members (excludes halogenated alkanes) is 1.